The summed E-state index contributed by atoms with van der Waals surface area (Å²) in [6.45, 7) is 1.59. The monoisotopic (exact) mass is 336 g/mol. The molecule has 120 valence electrons. The molecular formula is C13H21ClN2O4S. The number of hydrogen-bond acceptors (Lipinski definition) is 5. The van der Waals surface area contributed by atoms with Crippen molar-refractivity contribution in [1.82, 2.24) is 10.0 Å². The van der Waals surface area contributed by atoms with Crippen LogP contribution in [0.15, 0.2) is 23.1 Å². The lowest BCUT2D eigenvalue weighted by Crippen LogP contribution is -2.45. The van der Waals surface area contributed by atoms with Gasteiger partial charge in [0.25, 0.3) is 0 Å². The van der Waals surface area contributed by atoms with Crippen molar-refractivity contribution in [2.24, 2.45) is 0 Å². The molecule has 1 heterocycles. The number of ether oxygens (including phenoxy) is 2. The average Bonchev–Trinajstić information content (AvgIpc) is 2.47. The number of methoxy groups -OCH3 is 2. The highest BCUT2D eigenvalue weighted by molar-refractivity contribution is 7.89. The molecule has 1 unspecified atom stereocenters. The van der Waals surface area contributed by atoms with E-state index in [1.807, 2.05) is 0 Å². The van der Waals surface area contributed by atoms with Crippen LogP contribution in [0.5, 0.6) is 11.5 Å². The smallest absolute Gasteiger partial charge is 0.241 e. The van der Waals surface area contributed by atoms with E-state index in [2.05, 4.69) is 10.0 Å². The summed E-state index contributed by atoms with van der Waals surface area (Å²) in [6, 6.07) is 4.54. The van der Waals surface area contributed by atoms with Crippen molar-refractivity contribution in [3.63, 3.8) is 0 Å². The number of hydrogen-bond donors (Lipinski definition) is 2. The maximum Gasteiger partial charge on any atom is 0.241 e. The second-order valence-corrected chi connectivity index (χ2v) is 6.43. The summed E-state index contributed by atoms with van der Waals surface area (Å²) in [7, 11) is -0.596. The Balaban J connectivity index is 0.00000220. The van der Waals surface area contributed by atoms with Gasteiger partial charge in [-0.2, -0.15) is 0 Å². The van der Waals surface area contributed by atoms with Gasteiger partial charge >= 0.3 is 0 Å². The van der Waals surface area contributed by atoms with Crippen LogP contribution in [0.3, 0.4) is 0 Å². The van der Waals surface area contributed by atoms with Crippen LogP contribution in [0, 0.1) is 0 Å². The maximum atomic E-state index is 12.4. The van der Waals surface area contributed by atoms with Crippen LogP contribution in [0.25, 0.3) is 0 Å². The van der Waals surface area contributed by atoms with E-state index < -0.39 is 10.0 Å². The number of piperidine rings is 1. The zero-order valence-electron chi connectivity index (χ0n) is 12.1. The van der Waals surface area contributed by atoms with E-state index in [9.17, 15) is 8.42 Å². The fraction of sp³-hybridized carbons (Fsp3) is 0.538. The van der Waals surface area contributed by atoms with Crippen LogP contribution in [0.2, 0.25) is 0 Å². The molecule has 1 fully saturated rings. The van der Waals surface area contributed by atoms with Gasteiger partial charge in [-0.15, -0.1) is 12.4 Å². The van der Waals surface area contributed by atoms with Gasteiger partial charge in [0.15, 0.2) is 0 Å². The zero-order valence-corrected chi connectivity index (χ0v) is 13.7. The molecule has 0 aromatic heterocycles. The summed E-state index contributed by atoms with van der Waals surface area (Å²) in [4.78, 5) is 0.152. The van der Waals surface area contributed by atoms with Gasteiger partial charge in [0.1, 0.15) is 11.5 Å². The molecule has 1 aliphatic heterocycles. The largest absolute Gasteiger partial charge is 0.497 e. The predicted octanol–water partition coefficient (Wildman–Crippen LogP) is 1.16. The molecule has 21 heavy (non-hydrogen) atoms. The topological polar surface area (TPSA) is 76.7 Å². The van der Waals surface area contributed by atoms with Gasteiger partial charge in [0, 0.05) is 30.8 Å². The van der Waals surface area contributed by atoms with E-state index in [0.29, 0.717) is 18.0 Å². The zero-order chi connectivity index (χ0) is 14.6. The van der Waals surface area contributed by atoms with Crippen LogP contribution >= 0.6 is 12.4 Å². The molecule has 0 spiro atoms. The summed E-state index contributed by atoms with van der Waals surface area (Å²) in [5, 5.41) is 3.18. The summed E-state index contributed by atoms with van der Waals surface area (Å²) in [6.07, 6.45) is 1.81. The number of sulfonamides is 1. The number of rotatable bonds is 5. The van der Waals surface area contributed by atoms with Gasteiger partial charge in [0.2, 0.25) is 10.0 Å². The third-order valence-corrected chi connectivity index (χ3v) is 4.75. The van der Waals surface area contributed by atoms with Crippen molar-refractivity contribution in [3.8, 4) is 11.5 Å². The number of benzene rings is 1. The minimum atomic E-state index is -3.58. The molecule has 2 N–H and O–H groups in total. The molecule has 0 amide bonds. The molecule has 1 aliphatic rings. The first-order valence-corrected chi connectivity index (χ1v) is 7.99. The molecular weight excluding hydrogens is 316 g/mol. The molecule has 1 aromatic carbocycles. The molecule has 0 aliphatic carbocycles. The summed E-state index contributed by atoms with van der Waals surface area (Å²) in [5.41, 5.74) is 0. The lowest BCUT2D eigenvalue weighted by atomic mass is 10.1. The third-order valence-electron chi connectivity index (χ3n) is 3.25. The number of nitrogens with one attached hydrogen (secondary N) is 2. The molecule has 8 heteroatoms. The molecule has 1 aromatic rings. The van der Waals surface area contributed by atoms with E-state index in [0.717, 1.165) is 19.4 Å². The Hall–Kier alpha value is -1.02. The van der Waals surface area contributed by atoms with E-state index in [-0.39, 0.29) is 23.3 Å². The summed E-state index contributed by atoms with van der Waals surface area (Å²) in [5.74, 6) is 0.901. The van der Waals surface area contributed by atoms with E-state index in [1.54, 1.807) is 6.07 Å². The first-order valence-electron chi connectivity index (χ1n) is 6.51. The Kier molecular flexibility index (Phi) is 6.73. The highest BCUT2D eigenvalue weighted by Gasteiger charge is 2.22. The van der Waals surface area contributed by atoms with Gasteiger partial charge in [0.05, 0.1) is 19.1 Å². The maximum absolute atomic E-state index is 12.4. The lowest BCUT2D eigenvalue weighted by molar-refractivity contribution is 0.391. The van der Waals surface area contributed by atoms with Crippen LogP contribution in [0.4, 0.5) is 0 Å². The molecule has 6 nitrogen and oxygen atoms in total. The fourth-order valence-corrected chi connectivity index (χ4v) is 3.50. The molecule has 1 saturated heterocycles. The minimum Gasteiger partial charge on any atom is -0.497 e. The van der Waals surface area contributed by atoms with Crippen LogP contribution in [-0.2, 0) is 10.0 Å². The van der Waals surface area contributed by atoms with Gasteiger partial charge < -0.3 is 14.8 Å². The predicted molar refractivity (Wildman–Crippen MR) is 83.0 cm³/mol. The van der Waals surface area contributed by atoms with Crippen molar-refractivity contribution >= 4 is 22.4 Å². The average molecular weight is 337 g/mol. The molecule has 0 radical (unpaired) electrons. The Morgan fingerprint density at radius 1 is 1.19 bits per heavy atom. The quantitative estimate of drug-likeness (QED) is 0.843. The summed E-state index contributed by atoms with van der Waals surface area (Å²) >= 11 is 0. The minimum absolute atomic E-state index is 0. The third kappa shape index (κ3) is 4.74. The van der Waals surface area contributed by atoms with Crippen molar-refractivity contribution in [2.75, 3.05) is 27.3 Å². The van der Waals surface area contributed by atoms with Crippen LogP contribution in [0.1, 0.15) is 12.8 Å². The lowest BCUT2D eigenvalue weighted by Gasteiger charge is -2.23. The van der Waals surface area contributed by atoms with Gasteiger partial charge in [-0.1, -0.05) is 0 Å². The Morgan fingerprint density at radius 2 is 1.81 bits per heavy atom. The SMILES string of the molecule is COc1cc(OC)cc(S(=O)(=O)NC2CCCNC2)c1.Cl. The molecule has 0 bridgehead atoms. The Morgan fingerprint density at radius 3 is 2.29 bits per heavy atom. The second kappa shape index (κ2) is 7.84. The van der Waals surface area contributed by atoms with Crippen molar-refractivity contribution in [1.29, 1.82) is 0 Å². The highest BCUT2D eigenvalue weighted by Crippen LogP contribution is 2.25. The first kappa shape index (κ1) is 18.0. The van der Waals surface area contributed by atoms with E-state index >= 15 is 0 Å². The summed E-state index contributed by atoms with van der Waals surface area (Å²) < 4.78 is 37.7. The first-order chi connectivity index (χ1) is 9.55. The van der Waals surface area contributed by atoms with Gasteiger partial charge in [-0.3, -0.25) is 0 Å². The van der Waals surface area contributed by atoms with E-state index in [1.165, 1.54) is 26.4 Å². The van der Waals surface area contributed by atoms with Gasteiger partial charge in [-0.25, -0.2) is 13.1 Å². The highest BCUT2D eigenvalue weighted by atomic mass is 35.5. The van der Waals surface area contributed by atoms with Crippen LogP contribution < -0.4 is 19.5 Å². The normalized spacial score (nSPS) is 18.7. The van der Waals surface area contributed by atoms with Gasteiger partial charge in [-0.05, 0) is 19.4 Å². The second-order valence-electron chi connectivity index (χ2n) is 4.71. The molecule has 0 saturated carbocycles. The number of halogens is 1. The standard InChI is InChI=1S/C13H20N2O4S.ClH/c1-18-11-6-12(19-2)8-13(7-11)20(16,17)15-10-4-3-5-14-9-10;/h6-8,10,14-15H,3-5,9H2,1-2H3;1H. The fourth-order valence-electron chi connectivity index (χ4n) is 2.18. The molecule has 2 rings (SSSR count). The molecule has 1 atom stereocenters. The van der Waals surface area contributed by atoms with Crippen molar-refractivity contribution < 1.29 is 17.9 Å². The van der Waals surface area contributed by atoms with E-state index in [4.69, 9.17) is 9.47 Å². The van der Waals surface area contributed by atoms with Crippen LogP contribution in [-0.4, -0.2) is 41.8 Å². The van der Waals surface area contributed by atoms with Crippen molar-refractivity contribution in [2.45, 2.75) is 23.8 Å². The Bertz CT molecular complexity index is 537. The van der Waals surface area contributed by atoms with Crippen molar-refractivity contribution in [3.05, 3.63) is 18.2 Å². The Labute approximate surface area is 131 Å².